The van der Waals surface area contributed by atoms with E-state index in [1.165, 1.54) is 5.92 Å². The maximum atomic E-state index is 11.3. The molecule has 0 N–H and O–H groups in total. The first-order valence-corrected chi connectivity index (χ1v) is 2.68. The summed E-state index contributed by atoms with van der Waals surface area (Å²) in [6.45, 7) is 0. The van der Waals surface area contributed by atoms with Crippen LogP contribution in [0, 0.1) is 11.8 Å². The van der Waals surface area contributed by atoms with Gasteiger partial charge >= 0.3 is 12.0 Å². The Kier molecular flexibility index (Phi) is 3.23. The second-order valence-electron chi connectivity index (χ2n) is 1.26. The van der Waals surface area contributed by atoms with Gasteiger partial charge in [-0.2, -0.15) is 13.2 Å². The van der Waals surface area contributed by atoms with E-state index in [1.807, 2.05) is 0 Å². The molecule has 0 aliphatic heterocycles. The Bertz CT molecular complexity index is 185. The average molecular weight is 171 g/mol. The lowest BCUT2D eigenvalue weighted by molar-refractivity contribution is -0.164. The fourth-order valence-corrected chi connectivity index (χ4v) is 0.251. The molecule has 0 amide bonds. The molecule has 0 aliphatic carbocycles. The highest BCUT2D eigenvalue weighted by Gasteiger charge is 2.36. The maximum absolute atomic E-state index is 11.3. The van der Waals surface area contributed by atoms with E-state index >= 15 is 0 Å². The standard InChI is InChI=1S/C5H2ClF3O/c6-3-1-2-4(10)5(7,8)9/h3H2. The van der Waals surface area contributed by atoms with Crippen LogP contribution in [0.3, 0.4) is 0 Å². The predicted octanol–water partition coefficient (Wildman–Crippen LogP) is 1.36. The van der Waals surface area contributed by atoms with Gasteiger partial charge in [0.25, 0.3) is 0 Å². The largest absolute Gasteiger partial charge is 0.462 e. The van der Waals surface area contributed by atoms with Crippen molar-refractivity contribution in [2.75, 3.05) is 5.88 Å². The van der Waals surface area contributed by atoms with Crippen LogP contribution >= 0.6 is 11.6 Å². The van der Waals surface area contributed by atoms with Crippen LogP contribution in [-0.2, 0) is 4.79 Å². The number of alkyl halides is 4. The van der Waals surface area contributed by atoms with Crippen LogP contribution in [0.4, 0.5) is 13.2 Å². The maximum Gasteiger partial charge on any atom is 0.462 e. The zero-order valence-electron chi connectivity index (χ0n) is 4.63. The predicted molar refractivity (Wildman–Crippen MR) is 29.6 cm³/mol. The molecule has 0 heterocycles. The molecule has 10 heavy (non-hydrogen) atoms. The summed E-state index contributed by atoms with van der Waals surface area (Å²) in [5.74, 6) is 0.789. The number of halogens is 4. The number of ketones is 1. The number of carbonyl (C=O) groups is 1. The Morgan fingerprint density at radius 1 is 1.50 bits per heavy atom. The van der Waals surface area contributed by atoms with Crippen LogP contribution in [0.5, 0.6) is 0 Å². The molecule has 0 rings (SSSR count). The van der Waals surface area contributed by atoms with Crippen molar-refractivity contribution >= 4 is 17.4 Å². The molecule has 0 atom stereocenters. The summed E-state index contributed by atoms with van der Waals surface area (Å²) in [6, 6.07) is 0. The number of rotatable bonds is 0. The van der Waals surface area contributed by atoms with Gasteiger partial charge in [0.15, 0.2) is 0 Å². The smallest absolute Gasteiger partial charge is 0.275 e. The monoisotopic (exact) mass is 170 g/mol. The van der Waals surface area contributed by atoms with Crippen molar-refractivity contribution in [2.24, 2.45) is 0 Å². The van der Waals surface area contributed by atoms with Crippen molar-refractivity contribution in [3.05, 3.63) is 0 Å². The Morgan fingerprint density at radius 3 is 2.30 bits per heavy atom. The van der Waals surface area contributed by atoms with Gasteiger partial charge in [-0.25, -0.2) is 0 Å². The van der Waals surface area contributed by atoms with E-state index in [4.69, 9.17) is 11.6 Å². The first-order valence-electron chi connectivity index (χ1n) is 2.14. The molecule has 0 aromatic carbocycles. The van der Waals surface area contributed by atoms with Gasteiger partial charge in [0.05, 0.1) is 5.88 Å². The van der Waals surface area contributed by atoms with Crippen molar-refractivity contribution in [3.8, 4) is 11.8 Å². The summed E-state index contributed by atoms with van der Waals surface area (Å²) < 4.78 is 33.8. The summed E-state index contributed by atoms with van der Waals surface area (Å²) in [6.07, 6.45) is -4.86. The zero-order valence-corrected chi connectivity index (χ0v) is 5.38. The van der Waals surface area contributed by atoms with Crippen LogP contribution < -0.4 is 0 Å². The molecular weight excluding hydrogens is 169 g/mol. The normalized spacial score (nSPS) is 10.0. The molecule has 0 spiro atoms. The third kappa shape index (κ3) is 3.36. The Morgan fingerprint density at radius 2 is 2.00 bits per heavy atom. The van der Waals surface area contributed by atoms with Crippen LogP contribution in [0.2, 0.25) is 0 Å². The number of hydrogen-bond acceptors (Lipinski definition) is 1. The van der Waals surface area contributed by atoms with Crippen molar-refractivity contribution < 1.29 is 18.0 Å². The summed E-state index contributed by atoms with van der Waals surface area (Å²) in [4.78, 5) is 9.87. The minimum atomic E-state index is -4.86. The quantitative estimate of drug-likeness (QED) is 0.305. The lowest BCUT2D eigenvalue weighted by atomic mass is 10.4. The summed E-state index contributed by atoms with van der Waals surface area (Å²) in [5.41, 5.74) is 0. The second-order valence-corrected chi connectivity index (χ2v) is 1.53. The highest BCUT2D eigenvalue weighted by molar-refractivity contribution is 6.20. The van der Waals surface area contributed by atoms with Gasteiger partial charge in [-0.1, -0.05) is 5.92 Å². The van der Waals surface area contributed by atoms with Crippen molar-refractivity contribution in [3.63, 3.8) is 0 Å². The van der Waals surface area contributed by atoms with E-state index < -0.39 is 12.0 Å². The molecule has 0 unspecified atom stereocenters. The van der Waals surface area contributed by atoms with Crippen LogP contribution in [-0.4, -0.2) is 17.8 Å². The topological polar surface area (TPSA) is 17.1 Å². The summed E-state index contributed by atoms with van der Waals surface area (Å²) >= 11 is 4.90. The number of carbonyl (C=O) groups excluding carboxylic acids is 1. The molecule has 0 aromatic heterocycles. The second kappa shape index (κ2) is 3.47. The minimum Gasteiger partial charge on any atom is -0.275 e. The van der Waals surface area contributed by atoms with E-state index in [1.54, 1.807) is 5.92 Å². The molecule has 56 valence electrons. The number of Topliss-reactive ketones (excluding diaryl/α,β-unsaturated/α-hetero) is 1. The third-order valence-electron chi connectivity index (χ3n) is 0.526. The van der Waals surface area contributed by atoms with Crippen LogP contribution in [0.15, 0.2) is 0 Å². The van der Waals surface area contributed by atoms with Gasteiger partial charge < -0.3 is 0 Å². The molecule has 0 saturated carbocycles. The van der Waals surface area contributed by atoms with Gasteiger partial charge in [0, 0.05) is 0 Å². The molecule has 0 aromatic rings. The Hall–Kier alpha value is -0.690. The zero-order chi connectivity index (χ0) is 8.20. The molecule has 0 fully saturated rings. The lowest BCUT2D eigenvalue weighted by Crippen LogP contribution is -2.20. The van der Waals surface area contributed by atoms with Crippen molar-refractivity contribution in [1.29, 1.82) is 0 Å². The van der Waals surface area contributed by atoms with Gasteiger partial charge in [-0.15, -0.1) is 11.6 Å². The number of hydrogen-bond donors (Lipinski definition) is 0. The Balaban J connectivity index is 4.12. The fraction of sp³-hybridized carbons (Fsp3) is 0.400. The molecular formula is C5H2ClF3O. The van der Waals surface area contributed by atoms with Gasteiger partial charge in [-0.05, 0) is 5.92 Å². The SMILES string of the molecule is O=C(C#CCCl)C(F)(F)F. The van der Waals surface area contributed by atoms with Gasteiger partial charge in [0.1, 0.15) is 0 Å². The first-order chi connectivity index (χ1) is 4.48. The Labute approximate surface area is 60.2 Å². The van der Waals surface area contributed by atoms with E-state index in [2.05, 4.69) is 0 Å². The van der Waals surface area contributed by atoms with Crippen LogP contribution in [0.1, 0.15) is 0 Å². The molecule has 1 nitrogen and oxygen atoms in total. The highest BCUT2D eigenvalue weighted by Crippen LogP contribution is 2.14. The lowest BCUT2D eigenvalue weighted by Gasteiger charge is -1.95. The highest BCUT2D eigenvalue weighted by atomic mass is 35.5. The minimum absolute atomic E-state index is 0.276. The van der Waals surface area contributed by atoms with Gasteiger partial charge in [-0.3, -0.25) is 4.79 Å². The van der Waals surface area contributed by atoms with E-state index in [-0.39, 0.29) is 5.88 Å². The third-order valence-corrected chi connectivity index (χ3v) is 0.660. The molecule has 0 radical (unpaired) electrons. The van der Waals surface area contributed by atoms with Crippen LogP contribution in [0.25, 0.3) is 0 Å². The fourth-order valence-electron chi connectivity index (χ4n) is 0.185. The molecule has 0 bridgehead atoms. The first kappa shape index (κ1) is 9.31. The molecule has 5 heteroatoms. The van der Waals surface area contributed by atoms with Gasteiger partial charge in [0.2, 0.25) is 0 Å². The average Bonchev–Trinajstić information content (AvgIpc) is 1.80. The van der Waals surface area contributed by atoms with Crippen molar-refractivity contribution in [1.82, 2.24) is 0 Å². The molecule has 0 saturated heterocycles. The van der Waals surface area contributed by atoms with E-state index in [9.17, 15) is 18.0 Å². The van der Waals surface area contributed by atoms with E-state index in [0.29, 0.717) is 0 Å². The summed E-state index contributed by atoms with van der Waals surface area (Å²) in [5, 5.41) is 0. The molecule has 0 aliphatic rings. The summed E-state index contributed by atoms with van der Waals surface area (Å²) in [7, 11) is 0. The van der Waals surface area contributed by atoms with Crippen molar-refractivity contribution in [2.45, 2.75) is 6.18 Å². The van der Waals surface area contributed by atoms with E-state index in [0.717, 1.165) is 0 Å².